The summed E-state index contributed by atoms with van der Waals surface area (Å²) in [6.07, 6.45) is 2.66. The highest BCUT2D eigenvalue weighted by Crippen LogP contribution is 2.31. The Morgan fingerprint density at radius 3 is 2.56 bits per heavy atom. The predicted octanol–water partition coefficient (Wildman–Crippen LogP) is 2.82. The summed E-state index contributed by atoms with van der Waals surface area (Å²) in [4.78, 5) is 49.1. The number of aromatic amines is 1. The smallest absolute Gasteiger partial charge is 0.354 e. The van der Waals surface area contributed by atoms with Crippen molar-refractivity contribution in [3.05, 3.63) is 98.0 Å². The van der Waals surface area contributed by atoms with E-state index in [4.69, 9.17) is 11.6 Å². The SMILES string of the molecule is O=C(O)c1c(-n2c(=O)[nH]c3nccnc3c2=O)c2cc(Cl)ccc2n1Cc1ccccc1. The lowest BCUT2D eigenvalue weighted by atomic mass is 10.2. The summed E-state index contributed by atoms with van der Waals surface area (Å²) < 4.78 is 2.33. The predicted molar refractivity (Wildman–Crippen MR) is 119 cm³/mol. The van der Waals surface area contributed by atoms with Crippen molar-refractivity contribution in [2.75, 3.05) is 0 Å². The number of benzene rings is 2. The number of rotatable bonds is 4. The Morgan fingerprint density at radius 1 is 1.06 bits per heavy atom. The molecule has 0 unspecified atom stereocenters. The van der Waals surface area contributed by atoms with E-state index < -0.39 is 17.2 Å². The van der Waals surface area contributed by atoms with Gasteiger partial charge in [0.15, 0.2) is 16.9 Å². The van der Waals surface area contributed by atoms with E-state index in [9.17, 15) is 19.5 Å². The van der Waals surface area contributed by atoms with Gasteiger partial charge in [-0.15, -0.1) is 0 Å². The summed E-state index contributed by atoms with van der Waals surface area (Å²) in [5.74, 6) is -1.30. The van der Waals surface area contributed by atoms with Crippen molar-refractivity contribution in [1.82, 2.24) is 24.1 Å². The van der Waals surface area contributed by atoms with Crippen LogP contribution < -0.4 is 11.2 Å². The second kappa shape index (κ2) is 7.47. The van der Waals surface area contributed by atoms with E-state index in [0.29, 0.717) is 15.9 Å². The Bertz CT molecular complexity index is 1640. The Morgan fingerprint density at radius 2 is 1.81 bits per heavy atom. The fraction of sp³-hybridized carbons (Fsp3) is 0.0455. The zero-order valence-electron chi connectivity index (χ0n) is 16.3. The summed E-state index contributed by atoms with van der Waals surface area (Å²) in [5.41, 5.74) is -0.625. The molecule has 0 fully saturated rings. The summed E-state index contributed by atoms with van der Waals surface area (Å²) >= 11 is 6.20. The molecule has 5 rings (SSSR count). The van der Waals surface area contributed by atoms with Gasteiger partial charge in [0.25, 0.3) is 5.56 Å². The van der Waals surface area contributed by atoms with Gasteiger partial charge in [-0.1, -0.05) is 41.9 Å². The molecule has 10 heteroatoms. The van der Waals surface area contributed by atoms with Gasteiger partial charge in [-0.25, -0.2) is 24.1 Å². The number of carbonyl (C=O) groups is 1. The topological polar surface area (TPSA) is 123 Å². The van der Waals surface area contributed by atoms with Gasteiger partial charge in [-0.05, 0) is 23.8 Å². The average Bonchev–Trinajstić information content (AvgIpc) is 3.08. The van der Waals surface area contributed by atoms with Gasteiger partial charge in [0.05, 0.1) is 11.2 Å². The Kier molecular flexibility index (Phi) is 4.60. The molecule has 3 aromatic heterocycles. The fourth-order valence-corrected chi connectivity index (χ4v) is 4.00. The van der Waals surface area contributed by atoms with Crippen LogP contribution in [0.4, 0.5) is 0 Å². The van der Waals surface area contributed by atoms with Crippen LogP contribution >= 0.6 is 11.6 Å². The van der Waals surface area contributed by atoms with Gasteiger partial charge < -0.3 is 9.67 Å². The van der Waals surface area contributed by atoms with E-state index in [1.807, 2.05) is 30.3 Å². The molecule has 158 valence electrons. The zero-order chi connectivity index (χ0) is 22.4. The number of nitrogens with one attached hydrogen (secondary N) is 1. The monoisotopic (exact) mass is 447 g/mol. The van der Waals surface area contributed by atoms with Crippen molar-refractivity contribution >= 4 is 39.6 Å². The number of hydrogen-bond acceptors (Lipinski definition) is 5. The van der Waals surface area contributed by atoms with Crippen molar-refractivity contribution in [1.29, 1.82) is 0 Å². The average molecular weight is 448 g/mol. The molecule has 0 saturated carbocycles. The highest BCUT2D eigenvalue weighted by molar-refractivity contribution is 6.31. The number of H-pyrrole nitrogens is 1. The van der Waals surface area contributed by atoms with E-state index in [-0.39, 0.29) is 29.1 Å². The molecule has 3 heterocycles. The first-order chi connectivity index (χ1) is 15.5. The molecular formula is C22H14ClN5O4. The van der Waals surface area contributed by atoms with Crippen molar-refractivity contribution in [3.63, 3.8) is 0 Å². The molecule has 0 aliphatic rings. The number of halogens is 1. The van der Waals surface area contributed by atoms with Crippen molar-refractivity contribution in [2.45, 2.75) is 6.54 Å². The van der Waals surface area contributed by atoms with Crippen LogP contribution in [0.1, 0.15) is 16.1 Å². The van der Waals surface area contributed by atoms with Crippen LogP contribution in [0.15, 0.2) is 70.5 Å². The van der Waals surface area contributed by atoms with Gasteiger partial charge in [0, 0.05) is 29.3 Å². The van der Waals surface area contributed by atoms with Crippen LogP contribution in [-0.2, 0) is 6.54 Å². The molecular weight excluding hydrogens is 434 g/mol. The number of nitrogens with zero attached hydrogens (tertiary/aromatic N) is 4. The minimum absolute atomic E-state index is 0.0154. The summed E-state index contributed by atoms with van der Waals surface area (Å²) in [7, 11) is 0. The molecule has 5 aromatic rings. The number of carboxylic acid groups (broad SMARTS) is 1. The number of hydrogen-bond donors (Lipinski definition) is 2. The third-order valence-electron chi connectivity index (χ3n) is 5.14. The molecule has 2 N–H and O–H groups in total. The quantitative estimate of drug-likeness (QED) is 0.436. The normalized spacial score (nSPS) is 11.3. The first-order valence-corrected chi connectivity index (χ1v) is 9.89. The van der Waals surface area contributed by atoms with Crippen LogP contribution in [0.2, 0.25) is 5.02 Å². The van der Waals surface area contributed by atoms with Gasteiger partial charge in [-0.3, -0.25) is 9.78 Å². The summed E-state index contributed by atoms with van der Waals surface area (Å²) in [6, 6.07) is 14.1. The maximum Gasteiger partial charge on any atom is 0.354 e. The van der Waals surface area contributed by atoms with Gasteiger partial charge in [-0.2, -0.15) is 0 Å². The van der Waals surface area contributed by atoms with Gasteiger partial charge in [0.1, 0.15) is 0 Å². The van der Waals surface area contributed by atoms with Crippen molar-refractivity contribution in [3.8, 4) is 5.69 Å². The van der Waals surface area contributed by atoms with E-state index in [1.54, 1.807) is 16.7 Å². The minimum Gasteiger partial charge on any atom is -0.477 e. The first-order valence-electron chi connectivity index (χ1n) is 9.51. The molecule has 2 aromatic carbocycles. The van der Waals surface area contributed by atoms with Crippen LogP contribution in [0, 0.1) is 0 Å². The van der Waals surface area contributed by atoms with E-state index in [1.165, 1.54) is 18.5 Å². The third-order valence-corrected chi connectivity index (χ3v) is 5.38. The molecule has 32 heavy (non-hydrogen) atoms. The number of fused-ring (bicyclic) bond motifs is 2. The molecule has 0 aliphatic heterocycles. The fourth-order valence-electron chi connectivity index (χ4n) is 3.83. The Hall–Kier alpha value is -4.24. The molecule has 9 nitrogen and oxygen atoms in total. The van der Waals surface area contributed by atoms with E-state index in [0.717, 1.165) is 10.1 Å². The second-order valence-electron chi connectivity index (χ2n) is 7.06. The molecule has 0 radical (unpaired) electrons. The largest absolute Gasteiger partial charge is 0.477 e. The summed E-state index contributed by atoms with van der Waals surface area (Å²) in [5, 5.41) is 10.8. The highest BCUT2D eigenvalue weighted by Gasteiger charge is 2.27. The third kappa shape index (κ3) is 3.07. The van der Waals surface area contributed by atoms with Gasteiger partial charge in [0.2, 0.25) is 0 Å². The second-order valence-corrected chi connectivity index (χ2v) is 7.50. The minimum atomic E-state index is -1.30. The van der Waals surface area contributed by atoms with Crippen LogP contribution in [0.25, 0.3) is 27.8 Å². The molecule has 0 saturated heterocycles. The van der Waals surface area contributed by atoms with E-state index in [2.05, 4.69) is 15.0 Å². The Balaban J connectivity index is 1.93. The van der Waals surface area contributed by atoms with E-state index >= 15 is 0 Å². The number of aromatic carboxylic acids is 1. The number of aromatic nitrogens is 5. The van der Waals surface area contributed by atoms with Crippen LogP contribution in [0.3, 0.4) is 0 Å². The van der Waals surface area contributed by atoms with Crippen LogP contribution in [0.5, 0.6) is 0 Å². The molecule has 0 bridgehead atoms. The maximum atomic E-state index is 13.2. The zero-order valence-corrected chi connectivity index (χ0v) is 17.1. The number of carboxylic acids is 1. The lowest BCUT2D eigenvalue weighted by molar-refractivity contribution is 0.0686. The van der Waals surface area contributed by atoms with Gasteiger partial charge >= 0.3 is 11.7 Å². The molecule has 0 aliphatic carbocycles. The van der Waals surface area contributed by atoms with Crippen molar-refractivity contribution < 1.29 is 9.90 Å². The molecule has 0 amide bonds. The maximum absolute atomic E-state index is 13.2. The van der Waals surface area contributed by atoms with Crippen molar-refractivity contribution in [2.24, 2.45) is 0 Å². The standard InChI is InChI=1S/C22H14ClN5O4/c23-13-6-7-15-14(10-13)17(18(21(30)31)27(15)11-12-4-2-1-3-5-12)28-20(29)16-19(26-22(28)32)25-9-8-24-16/h1-10H,11H2,(H,30,31)(H,25,26,32). The van der Waals surface area contributed by atoms with Crippen LogP contribution in [-0.4, -0.2) is 35.2 Å². The Labute approximate surface area is 184 Å². The lowest BCUT2D eigenvalue weighted by Gasteiger charge is -2.10. The summed E-state index contributed by atoms with van der Waals surface area (Å²) in [6.45, 7) is 0.209. The highest BCUT2D eigenvalue weighted by atomic mass is 35.5. The molecule has 0 spiro atoms. The first kappa shape index (κ1) is 19.7. The lowest BCUT2D eigenvalue weighted by Crippen LogP contribution is -2.35. The molecule has 0 atom stereocenters.